The van der Waals surface area contributed by atoms with Crippen molar-refractivity contribution < 1.29 is 0 Å². The molecule has 0 fully saturated rings. The molecule has 5 rings (SSSR count). The van der Waals surface area contributed by atoms with E-state index in [1.165, 1.54) is 5.56 Å². The molecule has 2 aromatic heterocycles. The minimum absolute atomic E-state index is 0.498. The number of rotatable bonds is 4. The molecule has 0 bridgehead atoms. The van der Waals surface area contributed by atoms with E-state index in [4.69, 9.17) is 5.73 Å². The molecule has 0 spiro atoms. The number of fused-ring (bicyclic) bond motifs is 1. The Bertz CT molecular complexity index is 1260. The van der Waals surface area contributed by atoms with E-state index in [9.17, 15) is 0 Å². The molecule has 5 aromatic rings. The van der Waals surface area contributed by atoms with Crippen LogP contribution in [0.3, 0.4) is 0 Å². The zero-order valence-electron chi connectivity index (χ0n) is 15.9. The van der Waals surface area contributed by atoms with E-state index >= 15 is 0 Å². The summed E-state index contributed by atoms with van der Waals surface area (Å²) in [6, 6.07) is 31.2. The van der Waals surface area contributed by atoms with Crippen molar-refractivity contribution in [2.24, 2.45) is 0 Å². The number of nitrogen functional groups attached to an aromatic ring is 1. The summed E-state index contributed by atoms with van der Waals surface area (Å²) < 4.78 is 2.25. The molecular formula is C25H20N4. The summed E-state index contributed by atoms with van der Waals surface area (Å²) in [5.74, 6) is 0.498. The SMILES string of the molecule is Nc1ncnc2c1c(-c1ccccc1)c(-c1ccccc1)n2Cc1ccccc1. The van der Waals surface area contributed by atoms with Crippen LogP contribution in [0.25, 0.3) is 33.4 Å². The number of anilines is 1. The first-order valence-electron chi connectivity index (χ1n) is 9.60. The summed E-state index contributed by atoms with van der Waals surface area (Å²) in [5, 5.41) is 0.897. The number of hydrogen-bond donors (Lipinski definition) is 1. The maximum absolute atomic E-state index is 6.38. The Balaban J connectivity index is 1.89. The first kappa shape index (κ1) is 17.2. The van der Waals surface area contributed by atoms with E-state index < -0.39 is 0 Å². The van der Waals surface area contributed by atoms with Gasteiger partial charge in [0.2, 0.25) is 0 Å². The van der Waals surface area contributed by atoms with Crippen molar-refractivity contribution in [3.8, 4) is 22.4 Å². The molecule has 0 atom stereocenters. The molecule has 2 N–H and O–H groups in total. The predicted molar refractivity (Wildman–Crippen MR) is 118 cm³/mol. The van der Waals surface area contributed by atoms with Crippen molar-refractivity contribution in [1.29, 1.82) is 0 Å². The van der Waals surface area contributed by atoms with Crippen LogP contribution in [0.5, 0.6) is 0 Å². The van der Waals surface area contributed by atoms with Crippen LogP contribution in [-0.2, 0) is 6.54 Å². The molecule has 4 heteroatoms. The molecule has 4 nitrogen and oxygen atoms in total. The molecule has 29 heavy (non-hydrogen) atoms. The lowest BCUT2D eigenvalue weighted by Crippen LogP contribution is -2.03. The van der Waals surface area contributed by atoms with E-state index in [2.05, 4.69) is 75.2 Å². The number of nitrogens with zero attached hydrogens (tertiary/aromatic N) is 3. The van der Waals surface area contributed by atoms with Crippen LogP contribution in [0.1, 0.15) is 5.56 Å². The van der Waals surface area contributed by atoms with Crippen molar-refractivity contribution in [1.82, 2.24) is 14.5 Å². The summed E-state index contributed by atoms with van der Waals surface area (Å²) >= 11 is 0. The molecule has 2 heterocycles. The molecule has 0 unspecified atom stereocenters. The lowest BCUT2D eigenvalue weighted by molar-refractivity contribution is 0.832. The van der Waals surface area contributed by atoms with Gasteiger partial charge in [-0.25, -0.2) is 9.97 Å². The van der Waals surface area contributed by atoms with E-state index in [0.29, 0.717) is 12.4 Å². The fourth-order valence-corrected chi connectivity index (χ4v) is 3.90. The average molecular weight is 376 g/mol. The molecule has 0 aliphatic heterocycles. The Labute approximate surface area is 169 Å². The maximum Gasteiger partial charge on any atom is 0.146 e. The van der Waals surface area contributed by atoms with Gasteiger partial charge in [-0.1, -0.05) is 91.0 Å². The molecular weight excluding hydrogens is 356 g/mol. The van der Waals surface area contributed by atoms with Gasteiger partial charge in [-0.3, -0.25) is 0 Å². The lowest BCUT2D eigenvalue weighted by Gasteiger charge is -2.13. The second-order valence-corrected chi connectivity index (χ2v) is 6.98. The summed E-state index contributed by atoms with van der Waals surface area (Å²) in [5.41, 5.74) is 12.8. The van der Waals surface area contributed by atoms with Gasteiger partial charge in [-0.2, -0.15) is 0 Å². The van der Waals surface area contributed by atoms with Crippen LogP contribution in [0.2, 0.25) is 0 Å². The predicted octanol–water partition coefficient (Wildman–Crippen LogP) is 5.40. The van der Waals surface area contributed by atoms with Crippen LogP contribution in [-0.4, -0.2) is 14.5 Å². The Hall–Kier alpha value is -3.92. The van der Waals surface area contributed by atoms with E-state index in [1.54, 1.807) is 6.33 Å². The Morgan fingerprint density at radius 1 is 0.690 bits per heavy atom. The minimum Gasteiger partial charge on any atom is -0.383 e. The molecule has 0 amide bonds. The molecule has 0 aliphatic rings. The van der Waals surface area contributed by atoms with Crippen molar-refractivity contribution in [2.75, 3.05) is 5.73 Å². The maximum atomic E-state index is 6.38. The van der Waals surface area contributed by atoms with Gasteiger partial charge >= 0.3 is 0 Å². The highest BCUT2D eigenvalue weighted by molar-refractivity contribution is 6.07. The quantitative estimate of drug-likeness (QED) is 0.457. The fourth-order valence-electron chi connectivity index (χ4n) is 3.90. The highest BCUT2D eigenvalue weighted by Crippen LogP contribution is 2.42. The zero-order valence-corrected chi connectivity index (χ0v) is 15.9. The van der Waals surface area contributed by atoms with E-state index in [1.807, 2.05) is 30.3 Å². The topological polar surface area (TPSA) is 56.7 Å². The Morgan fingerprint density at radius 3 is 1.93 bits per heavy atom. The third-order valence-electron chi connectivity index (χ3n) is 5.16. The van der Waals surface area contributed by atoms with Gasteiger partial charge in [0.25, 0.3) is 0 Å². The van der Waals surface area contributed by atoms with Gasteiger partial charge in [0.15, 0.2) is 0 Å². The van der Waals surface area contributed by atoms with Crippen LogP contribution in [0, 0.1) is 0 Å². The van der Waals surface area contributed by atoms with Crippen LogP contribution in [0.15, 0.2) is 97.3 Å². The second-order valence-electron chi connectivity index (χ2n) is 6.98. The normalized spacial score (nSPS) is 11.0. The standard InChI is InChI=1S/C25H20N4/c26-24-22-21(19-12-6-2-7-13-19)23(20-14-8-3-9-15-20)29(25(22)28-17-27-24)16-18-10-4-1-5-11-18/h1-15,17H,16H2,(H2,26,27,28). The monoisotopic (exact) mass is 376 g/mol. The van der Waals surface area contributed by atoms with Gasteiger partial charge in [0, 0.05) is 12.1 Å². The molecule has 0 aliphatic carbocycles. The summed E-state index contributed by atoms with van der Waals surface area (Å²) in [6.45, 7) is 0.699. The number of aromatic nitrogens is 3. The largest absolute Gasteiger partial charge is 0.383 e. The van der Waals surface area contributed by atoms with Crippen molar-refractivity contribution in [3.05, 3.63) is 103 Å². The zero-order chi connectivity index (χ0) is 19.6. The molecule has 0 radical (unpaired) electrons. The van der Waals surface area contributed by atoms with Crippen LogP contribution < -0.4 is 5.73 Å². The van der Waals surface area contributed by atoms with Gasteiger partial charge in [0.05, 0.1) is 11.1 Å². The summed E-state index contributed by atoms with van der Waals surface area (Å²) in [7, 11) is 0. The Kier molecular flexibility index (Phi) is 4.30. The third kappa shape index (κ3) is 3.05. The number of hydrogen-bond acceptors (Lipinski definition) is 3. The van der Waals surface area contributed by atoms with Gasteiger partial charge in [-0.15, -0.1) is 0 Å². The minimum atomic E-state index is 0.498. The van der Waals surface area contributed by atoms with Crippen molar-refractivity contribution >= 4 is 16.9 Å². The second kappa shape index (κ2) is 7.24. The molecule has 140 valence electrons. The highest BCUT2D eigenvalue weighted by atomic mass is 15.1. The number of nitrogens with two attached hydrogens (primary N) is 1. The van der Waals surface area contributed by atoms with Gasteiger partial charge in [-0.05, 0) is 16.7 Å². The van der Waals surface area contributed by atoms with E-state index in [-0.39, 0.29) is 0 Å². The van der Waals surface area contributed by atoms with Gasteiger partial charge < -0.3 is 10.3 Å². The van der Waals surface area contributed by atoms with E-state index in [0.717, 1.165) is 33.4 Å². The van der Waals surface area contributed by atoms with Crippen LogP contribution in [0.4, 0.5) is 5.82 Å². The molecule has 0 saturated heterocycles. The Morgan fingerprint density at radius 2 is 1.28 bits per heavy atom. The van der Waals surface area contributed by atoms with Crippen molar-refractivity contribution in [2.45, 2.75) is 6.54 Å². The fraction of sp³-hybridized carbons (Fsp3) is 0.0400. The smallest absolute Gasteiger partial charge is 0.146 e. The van der Waals surface area contributed by atoms with Crippen LogP contribution >= 0.6 is 0 Å². The molecule has 3 aromatic carbocycles. The average Bonchev–Trinajstić information content (AvgIpc) is 3.11. The first-order chi connectivity index (χ1) is 14.3. The lowest BCUT2D eigenvalue weighted by atomic mass is 9.99. The highest BCUT2D eigenvalue weighted by Gasteiger charge is 2.23. The first-order valence-corrected chi connectivity index (χ1v) is 9.60. The summed E-state index contributed by atoms with van der Waals surface area (Å²) in [4.78, 5) is 8.94. The molecule has 0 saturated carbocycles. The van der Waals surface area contributed by atoms with Crippen molar-refractivity contribution in [3.63, 3.8) is 0 Å². The van der Waals surface area contributed by atoms with Gasteiger partial charge in [0.1, 0.15) is 17.8 Å². The third-order valence-corrected chi connectivity index (χ3v) is 5.16. The number of benzene rings is 3. The summed E-state index contributed by atoms with van der Waals surface area (Å²) in [6.07, 6.45) is 1.54.